The lowest BCUT2D eigenvalue weighted by atomic mass is 10.2. The molecular formula is C8H11N3O5S. The van der Waals surface area contributed by atoms with Crippen molar-refractivity contribution in [2.45, 2.75) is 12.2 Å². The van der Waals surface area contributed by atoms with Crippen molar-refractivity contribution in [3.8, 4) is 0 Å². The first-order chi connectivity index (χ1) is 7.69. The molecule has 0 atom stereocenters. The number of carbonyl (C=O) groups is 1. The molecule has 1 heterocycles. The molecule has 0 aliphatic rings. The normalized spacial score (nSPS) is 11.4. The Morgan fingerprint density at radius 2 is 2.12 bits per heavy atom. The van der Waals surface area contributed by atoms with Gasteiger partial charge in [-0.2, -0.15) is 0 Å². The average Bonchev–Trinajstić information content (AvgIpc) is 2.08. The van der Waals surface area contributed by atoms with Crippen LogP contribution in [-0.2, 0) is 26.8 Å². The highest BCUT2D eigenvalue weighted by Crippen LogP contribution is 2.05. The summed E-state index contributed by atoms with van der Waals surface area (Å²) in [4.78, 5) is 27.7. The zero-order valence-corrected chi connectivity index (χ0v) is 9.74. The van der Waals surface area contributed by atoms with Crippen LogP contribution in [0.4, 0.5) is 5.82 Å². The Bertz CT molecular complexity index is 604. The molecule has 0 bridgehead atoms. The van der Waals surface area contributed by atoms with Crippen LogP contribution >= 0.6 is 0 Å². The average molecular weight is 261 g/mol. The van der Waals surface area contributed by atoms with E-state index in [0.29, 0.717) is 0 Å². The predicted molar refractivity (Wildman–Crippen MR) is 59.2 cm³/mol. The van der Waals surface area contributed by atoms with Crippen molar-refractivity contribution in [2.75, 3.05) is 12.0 Å². The molecule has 0 saturated carbocycles. The molecule has 0 aromatic carbocycles. The summed E-state index contributed by atoms with van der Waals surface area (Å²) in [6, 6.07) is 0. The van der Waals surface area contributed by atoms with E-state index in [9.17, 15) is 18.0 Å². The fourth-order valence-electron chi connectivity index (χ4n) is 1.20. The molecule has 0 amide bonds. The van der Waals surface area contributed by atoms with Crippen LogP contribution in [0.25, 0.3) is 0 Å². The summed E-state index contributed by atoms with van der Waals surface area (Å²) < 4.78 is 22.0. The quantitative estimate of drug-likeness (QED) is 0.599. The standard InChI is InChI=1S/C8H11N3O5S/c1-17(15,16)3-5-10-7(9)4(2-6(12)13)8(14)11-5/h2-3H2,1H3,(H,12,13)(H3,9,10,11,14). The number of nitrogens with two attached hydrogens (primary N) is 1. The number of carboxylic acid groups (broad SMARTS) is 1. The Balaban J connectivity index is 3.19. The molecule has 0 saturated heterocycles. The van der Waals surface area contributed by atoms with Crippen molar-refractivity contribution in [2.24, 2.45) is 0 Å². The summed E-state index contributed by atoms with van der Waals surface area (Å²) in [6.07, 6.45) is 0.418. The molecule has 0 unspecified atom stereocenters. The lowest BCUT2D eigenvalue weighted by Crippen LogP contribution is -2.23. The number of H-pyrrole nitrogens is 1. The molecule has 0 aliphatic carbocycles. The zero-order valence-electron chi connectivity index (χ0n) is 8.93. The van der Waals surface area contributed by atoms with Gasteiger partial charge in [0.05, 0.1) is 12.0 Å². The maximum atomic E-state index is 11.4. The minimum Gasteiger partial charge on any atom is -0.481 e. The number of nitrogens with zero attached hydrogens (tertiary/aromatic N) is 1. The van der Waals surface area contributed by atoms with Gasteiger partial charge in [-0.25, -0.2) is 13.4 Å². The summed E-state index contributed by atoms with van der Waals surface area (Å²) in [5.74, 6) is -2.06. The number of nitrogens with one attached hydrogen (secondary N) is 1. The Morgan fingerprint density at radius 1 is 1.53 bits per heavy atom. The van der Waals surface area contributed by atoms with Crippen LogP contribution in [-0.4, -0.2) is 35.7 Å². The Morgan fingerprint density at radius 3 is 2.53 bits per heavy atom. The first-order valence-electron chi connectivity index (χ1n) is 4.46. The number of nitrogen functional groups attached to an aromatic ring is 1. The predicted octanol–water partition coefficient (Wildman–Crippen LogP) is -1.48. The van der Waals surface area contributed by atoms with Gasteiger partial charge in [-0.15, -0.1) is 0 Å². The van der Waals surface area contributed by atoms with Gasteiger partial charge in [0.1, 0.15) is 17.4 Å². The lowest BCUT2D eigenvalue weighted by molar-refractivity contribution is -0.136. The minimum absolute atomic E-state index is 0.107. The second kappa shape index (κ2) is 4.53. The van der Waals surface area contributed by atoms with Gasteiger partial charge >= 0.3 is 5.97 Å². The Kier molecular flexibility index (Phi) is 3.51. The van der Waals surface area contributed by atoms with Crippen LogP contribution in [0.2, 0.25) is 0 Å². The van der Waals surface area contributed by atoms with E-state index in [1.54, 1.807) is 0 Å². The molecule has 0 fully saturated rings. The molecule has 94 valence electrons. The number of rotatable bonds is 4. The van der Waals surface area contributed by atoms with E-state index in [4.69, 9.17) is 10.8 Å². The first kappa shape index (κ1) is 13.2. The zero-order chi connectivity index (χ0) is 13.2. The third-order valence-corrected chi connectivity index (χ3v) is 2.62. The van der Waals surface area contributed by atoms with Crippen LogP contribution in [0.5, 0.6) is 0 Å². The van der Waals surface area contributed by atoms with E-state index in [1.165, 1.54) is 0 Å². The molecule has 9 heteroatoms. The van der Waals surface area contributed by atoms with Crippen molar-refractivity contribution in [3.63, 3.8) is 0 Å². The van der Waals surface area contributed by atoms with E-state index in [0.717, 1.165) is 6.26 Å². The van der Waals surface area contributed by atoms with E-state index in [-0.39, 0.29) is 17.2 Å². The number of sulfone groups is 1. The Labute approximate surface area is 96.4 Å². The highest BCUT2D eigenvalue weighted by atomic mass is 32.2. The second-order valence-corrected chi connectivity index (χ2v) is 5.66. The molecule has 0 radical (unpaired) electrons. The third-order valence-electron chi connectivity index (χ3n) is 1.82. The molecule has 1 rings (SSSR count). The second-order valence-electron chi connectivity index (χ2n) is 3.52. The number of aromatic nitrogens is 2. The largest absolute Gasteiger partial charge is 0.481 e. The molecule has 1 aromatic heterocycles. The van der Waals surface area contributed by atoms with Crippen molar-refractivity contribution < 1.29 is 18.3 Å². The SMILES string of the molecule is CS(=O)(=O)Cc1nc(N)c(CC(=O)O)c(=O)[nH]1. The van der Waals surface area contributed by atoms with Gasteiger partial charge in [0.2, 0.25) is 0 Å². The lowest BCUT2D eigenvalue weighted by Gasteiger charge is -2.04. The molecule has 4 N–H and O–H groups in total. The van der Waals surface area contributed by atoms with E-state index >= 15 is 0 Å². The monoisotopic (exact) mass is 261 g/mol. The highest BCUT2D eigenvalue weighted by Gasteiger charge is 2.14. The fraction of sp³-hybridized carbons (Fsp3) is 0.375. The van der Waals surface area contributed by atoms with Crippen LogP contribution in [0, 0.1) is 0 Å². The summed E-state index contributed by atoms with van der Waals surface area (Å²) in [6.45, 7) is 0. The summed E-state index contributed by atoms with van der Waals surface area (Å²) in [5.41, 5.74) is 4.48. The van der Waals surface area contributed by atoms with Gasteiger partial charge in [-0.05, 0) is 0 Å². The molecule has 17 heavy (non-hydrogen) atoms. The van der Waals surface area contributed by atoms with Gasteiger partial charge in [0.15, 0.2) is 9.84 Å². The van der Waals surface area contributed by atoms with E-state index in [1.807, 2.05) is 0 Å². The van der Waals surface area contributed by atoms with Gasteiger partial charge in [-0.3, -0.25) is 9.59 Å². The van der Waals surface area contributed by atoms with Crippen molar-refractivity contribution in [1.82, 2.24) is 9.97 Å². The van der Waals surface area contributed by atoms with Crippen LogP contribution in [0.1, 0.15) is 11.4 Å². The summed E-state index contributed by atoms with van der Waals surface area (Å²) in [7, 11) is -3.35. The highest BCUT2D eigenvalue weighted by molar-refractivity contribution is 7.89. The van der Waals surface area contributed by atoms with Crippen LogP contribution in [0.15, 0.2) is 4.79 Å². The van der Waals surface area contributed by atoms with E-state index < -0.39 is 33.5 Å². The van der Waals surface area contributed by atoms with Gasteiger partial charge in [-0.1, -0.05) is 0 Å². The summed E-state index contributed by atoms with van der Waals surface area (Å²) in [5, 5.41) is 8.54. The van der Waals surface area contributed by atoms with Crippen molar-refractivity contribution >= 4 is 21.6 Å². The topological polar surface area (TPSA) is 143 Å². The molecule has 0 aliphatic heterocycles. The third kappa shape index (κ3) is 3.87. The molecular weight excluding hydrogens is 250 g/mol. The smallest absolute Gasteiger partial charge is 0.308 e. The maximum absolute atomic E-state index is 11.4. The first-order valence-corrected chi connectivity index (χ1v) is 6.52. The van der Waals surface area contributed by atoms with Crippen molar-refractivity contribution in [3.05, 3.63) is 21.7 Å². The number of hydrogen-bond donors (Lipinski definition) is 3. The summed E-state index contributed by atoms with van der Waals surface area (Å²) >= 11 is 0. The molecule has 8 nitrogen and oxygen atoms in total. The van der Waals surface area contributed by atoms with Gasteiger partial charge in [0, 0.05) is 6.26 Å². The molecule has 0 spiro atoms. The number of aromatic amines is 1. The maximum Gasteiger partial charge on any atom is 0.308 e. The fourth-order valence-corrected chi connectivity index (χ4v) is 1.84. The van der Waals surface area contributed by atoms with Crippen molar-refractivity contribution in [1.29, 1.82) is 0 Å². The Hall–Kier alpha value is -1.90. The van der Waals surface area contributed by atoms with Gasteiger partial charge in [0.25, 0.3) is 5.56 Å². The number of hydrogen-bond acceptors (Lipinski definition) is 6. The van der Waals surface area contributed by atoms with E-state index in [2.05, 4.69) is 9.97 Å². The van der Waals surface area contributed by atoms with Crippen LogP contribution in [0.3, 0.4) is 0 Å². The molecule has 1 aromatic rings. The number of anilines is 1. The number of aliphatic carboxylic acids is 1. The van der Waals surface area contributed by atoms with Crippen LogP contribution < -0.4 is 11.3 Å². The number of carboxylic acids is 1. The minimum atomic E-state index is -3.35. The van der Waals surface area contributed by atoms with Gasteiger partial charge < -0.3 is 15.8 Å².